The largest absolute Gasteiger partial charge is 0.225 e. The Labute approximate surface area is 125 Å². The number of aryl methyl sites for hydroxylation is 1. The van der Waals surface area contributed by atoms with Crippen LogP contribution in [0.15, 0.2) is 24.4 Å². The molecule has 1 aromatic heterocycles. The van der Waals surface area contributed by atoms with Crippen LogP contribution in [0.2, 0.25) is 15.3 Å². The number of nitrogens with zero attached hydrogens (tertiary/aromatic N) is 2. The lowest BCUT2D eigenvalue weighted by atomic mass is 10.1. The Bertz CT molecular complexity index is 570. The first-order valence-electron chi connectivity index (χ1n) is 5.67. The highest BCUT2D eigenvalue weighted by Crippen LogP contribution is 2.22. The summed E-state index contributed by atoms with van der Waals surface area (Å²) in [4.78, 5) is 7.82. The average molecular weight is 320 g/mol. The second-order valence-corrected chi connectivity index (χ2v) is 5.14. The topological polar surface area (TPSA) is 25.8 Å². The molecule has 0 aliphatic rings. The maximum Gasteiger partial charge on any atom is 0.222 e. The van der Waals surface area contributed by atoms with E-state index >= 15 is 0 Å². The summed E-state index contributed by atoms with van der Waals surface area (Å²) < 4.78 is 13.6. The van der Waals surface area contributed by atoms with E-state index in [2.05, 4.69) is 9.97 Å². The van der Waals surface area contributed by atoms with Gasteiger partial charge >= 0.3 is 0 Å². The molecule has 6 heteroatoms. The van der Waals surface area contributed by atoms with E-state index in [1.165, 1.54) is 12.3 Å². The van der Waals surface area contributed by atoms with Crippen molar-refractivity contribution < 1.29 is 4.39 Å². The zero-order chi connectivity index (χ0) is 13.8. The van der Waals surface area contributed by atoms with Gasteiger partial charge in [-0.2, -0.15) is 0 Å². The molecule has 1 heterocycles. The summed E-state index contributed by atoms with van der Waals surface area (Å²) >= 11 is 17.6. The highest BCUT2D eigenvalue weighted by atomic mass is 35.5. The van der Waals surface area contributed by atoms with Crippen LogP contribution in [0.1, 0.15) is 17.7 Å². The molecule has 0 saturated carbocycles. The van der Waals surface area contributed by atoms with Gasteiger partial charge in [-0.05, 0) is 43.0 Å². The van der Waals surface area contributed by atoms with E-state index < -0.39 is 0 Å². The predicted molar refractivity (Wildman–Crippen MR) is 75.5 cm³/mol. The lowest BCUT2D eigenvalue weighted by Crippen LogP contribution is -1.98. The molecule has 0 N–H and O–H groups in total. The van der Waals surface area contributed by atoms with Crippen LogP contribution in [0.25, 0.3) is 0 Å². The lowest BCUT2D eigenvalue weighted by Gasteiger charge is -2.06. The molecule has 100 valence electrons. The molecule has 0 fully saturated rings. The van der Waals surface area contributed by atoms with Crippen LogP contribution < -0.4 is 0 Å². The lowest BCUT2D eigenvalue weighted by molar-refractivity contribution is 0.604. The first kappa shape index (κ1) is 14.5. The third-order valence-electron chi connectivity index (χ3n) is 2.69. The Hall–Kier alpha value is -0.900. The summed E-state index contributed by atoms with van der Waals surface area (Å²) in [6.45, 7) is 0. The minimum Gasteiger partial charge on any atom is -0.225 e. The molecule has 0 saturated heterocycles. The van der Waals surface area contributed by atoms with Gasteiger partial charge in [0.15, 0.2) is 0 Å². The first-order valence-corrected chi connectivity index (χ1v) is 6.81. The van der Waals surface area contributed by atoms with Crippen LogP contribution >= 0.6 is 34.8 Å². The fraction of sp³-hybridized carbons (Fsp3) is 0.231. The van der Waals surface area contributed by atoms with E-state index in [4.69, 9.17) is 34.8 Å². The third kappa shape index (κ3) is 3.78. The van der Waals surface area contributed by atoms with E-state index in [1.54, 1.807) is 12.1 Å². The molecule has 0 radical (unpaired) electrons. The van der Waals surface area contributed by atoms with Gasteiger partial charge in [0.2, 0.25) is 5.28 Å². The van der Waals surface area contributed by atoms with Gasteiger partial charge < -0.3 is 0 Å². The van der Waals surface area contributed by atoms with Gasteiger partial charge in [0, 0.05) is 10.6 Å². The molecule has 0 aliphatic heterocycles. The number of hydrogen-bond donors (Lipinski definition) is 0. The summed E-state index contributed by atoms with van der Waals surface area (Å²) in [5, 5.41) is 1.05. The minimum absolute atomic E-state index is 0.156. The van der Waals surface area contributed by atoms with Gasteiger partial charge in [-0.1, -0.05) is 29.3 Å². The molecule has 0 amide bonds. The van der Waals surface area contributed by atoms with Crippen LogP contribution in [-0.4, -0.2) is 9.97 Å². The van der Waals surface area contributed by atoms with Crippen LogP contribution in [0.5, 0.6) is 0 Å². The van der Waals surface area contributed by atoms with Crippen molar-refractivity contribution in [1.29, 1.82) is 0 Å². The summed E-state index contributed by atoms with van der Waals surface area (Å²) in [5.74, 6) is -0.292. The van der Waals surface area contributed by atoms with Crippen molar-refractivity contribution in [2.24, 2.45) is 0 Å². The van der Waals surface area contributed by atoms with E-state index in [9.17, 15) is 4.39 Å². The summed E-state index contributed by atoms with van der Waals surface area (Å²) in [6.07, 6.45) is 3.24. The third-order valence-corrected chi connectivity index (χ3v) is 3.54. The van der Waals surface area contributed by atoms with Crippen molar-refractivity contribution in [3.63, 3.8) is 0 Å². The van der Waals surface area contributed by atoms with Crippen molar-refractivity contribution in [3.05, 3.63) is 56.8 Å². The molecular weight excluding hydrogens is 310 g/mol. The number of rotatable bonds is 4. The normalized spacial score (nSPS) is 10.7. The Kier molecular flexibility index (Phi) is 4.97. The molecule has 1 aromatic carbocycles. The van der Waals surface area contributed by atoms with Crippen LogP contribution in [0.3, 0.4) is 0 Å². The molecule has 0 unspecified atom stereocenters. The quantitative estimate of drug-likeness (QED) is 0.760. The standard InChI is InChI=1S/C13H10Cl3FN2/c14-9-4-2-5-11(17)8(9)3-1-6-12-10(15)7-18-13(16)19-12/h2,4-5,7H,1,3,6H2. The molecule has 0 bridgehead atoms. The van der Waals surface area contributed by atoms with Crippen LogP contribution in [-0.2, 0) is 12.8 Å². The smallest absolute Gasteiger partial charge is 0.222 e. The number of benzene rings is 1. The zero-order valence-corrected chi connectivity index (χ0v) is 12.1. The van der Waals surface area contributed by atoms with Crippen molar-refractivity contribution in [2.45, 2.75) is 19.3 Å². The number of aromatic nitrogens is 2. The van der Waals surface area contributed by atoms with E-state index in [0.717, 1.165) is 0 Å². The summed E-state index contributed by atoms with van der Waals surface area (Å²) in [5.41, 5.74) is 1.18. The number of halogens is 4. The highest BCUT2D eigenvalue weighted by Gasteiger charge is 2.08. The molecular formula is C13H10Cl3FN2. The highest BCUT2D eigenvalue weighted by molar-refractivity contribution is 6.32. The maximum absolute atomic E-state index is 13.6. The predicted octanol–water partition coefficient (Wildman–Crippen LogP) is 4.75. The van der Waals surface area contributed by atoms with E-state index in [0.29, 0.717) is 40.6 Å². The molecule has 2 rings (SSSR count). The van der Waals surface area contributed by atoms with Gasteiger partial charge in [0.05, 0.1) is 16.9 Å². The van der Waals surface area contributed by atoms with Crippen molar-refractivity contribution in [1.82, 2.24) is 9.97 Å². The minimum atomic E-state index is -0.292. The Morgan fingerprint density at radius 3 is 2.58 bits per heavy atom. The average Bonchev–Trinajstić information content (AvgIpc) is 2.37. The zero-order valence-electron chi connectivity index (χ0n) is 9.84. The summed E-state index contributed by atoms with van der Waals surface area (Å²) in [7, 11) is 0. The van der Waals surface area contributed by atoms with Gasteiger partial charge in [0.1, 0.15) is 5.82 Å². The van der Waals surface area contributed by atoms with Gasteiger partial charge in [-0.15, -0.1) is 0 Å². The van der Waals surface area contributed by atoms with Crippen LogP contribution in [0, 0.1) is 5.82 Å². The van der Waals surface area contributed by atoms with Gasteiger partial charge in [-0.25, -0.2) is 14.4 Å². The molecule has 2 aromatic rings. The van der Waals surface area contributed by atoms with Gasteiger partial charge in [-0.3, -0.25) is 0 Å². The van der Waals surface area contributed by atoms with Crippen molar-refractivity contribution in [3.8, 4) is 0 Å². The second kappa shape index (κ2) is 6.51. The maximum atomic E-state index is 13.6. The van der Waals surface area contributed by atoms with Crippen molar-refractivity contribution in [2.75, 3.05) is 0 Å². The Morgan fingerprint density at radius 1 is 1.05 bits per heavy atom. The monoisotopic (exact) mass is 318 g/mol. The molecule has 0 spiro atoms. The first-order chi connectivity index (χ1) is 9.08. The fourth-order valence-corrected chi connectivity index (χ4v) is 2.35. The second-order valence-electron chi connectivity index (χ2n) is 3.99. The summed E-state index contributed by atoms with van der Waals surface area (Å²) in [6, 6.07) is 4.66. The Morgan fingerprint density at radius 2 is 1.84 bits per heavy atom. The number of hydrogen-bond acceptors (Lipinski definition) is 2. The van der Waals surface area contributed by atoms with E-state index in [-0.39, 0.29) is 11.1 Å². The van der Waals surface area contributed by atoms with Crippen LogP contribution in [0.4, 0.5) is 4.39 Å². The van der Waals surface area contributed by atoms with Crippen molar-refractivity contribution >= 4 is 34.8 Å². The Balaban J connectivity index is 2.02. The van der Waals surface area contributed by atoms with E-state index in [1.807, 2.05) is 0 Å². The fourth-order valence-electron chi connectivity index (χ4n) is 1.76. The van der Waals surface area contributed by atoms with Gasteiger partial charge in [0.25, 0.3) is 0 Å². The molecule has 0 atom stereocenters. The molecule has 0 aliphatic carbocycles. The SMILES string of the molecule is Fc1cccc(Cl)c1CCCc1nc(Cl)ncc1Cl. The molecule has 2 nitrogen and oxygen atoms in total. The molecule has 19 heavy (non-hydrogen) atoms.